The Morgan fingerprint density at radius 1 is 1.23 bits per heavy atom. The van der Waals surface area contributed by atoms with Gasteiger partial charge in [-0.2, -0.15) is 0 Å². The molecule has 9 heteroatoms. The molecule has 2 aliphatic rings. The minimum atomic E-state index is -0.597. The normalized spacial score (nSPS) is 21.3. The fourth-order valence-electron chi connectivity index (χ4n) is 5.30. The molecule has 1 atom stereocenters. The Balaban J connectivity index is 1.36. The Bertz CT molecular complexity index is 1250. The van der Waals surface area contributed by atoms with Gasteiger partial charge in [0.1, 0.15) is 6.04 Å². The van der Waals surface area contributed by atoms with Crippen molar-refractivity contribution in [3.8, 4) is 0 Å². The zero-order chi connectivity index (χ0) is 24.6. The Labute approximate surface area is 209 Å². The summed E-state index contributed by atoms with van der Waals surface area (Å²) in [6.45, 7) is 4.80. The van der Waals surface area contributed by atoms with Crippen LogP contribution in [0.4, 0.5) is 5.69 Å². The molecule has 3 heterocycles. The van der Waals surface area contributed by atoms with Crippen molar-refractivity contribution >= 4 is 50.9 Å². The summed E-state index contributed by atoms with van der Waals surface area (Å²) in [6, 6.07) is 5.16. The molecule has 2 amide bonds. The molecule has 3 N–H and O–H groups in total. The number of pyridine rings is 1. The first kappa shape index (κ1) is 24.0. The number of nitrogens with zero attached hydrogens (tertiary/aromatic N) is 2. The molecular weight excluding hydrogens is 466 g/mol. The number of nitrogens with one attached hydrogen (secondary N) is 3. The van der Waals surface area contributed by atoms with Crippen molar-refractivity contribution < 1.29 is 14.3 Å². The predicted octanol–water partition coefficient (Wildman–Crippen LogP) is 4.24. The molecule has 8 nitrogen and oxygen atoms in total. The van der Waals surface area contributed by atoms with E-state index < -0.39 is 11.6 Å². The molecule has 2 aromatic heterocycles. The number of H-pyrrole nitrogens is 1. The van der Waals surface area contributed by atoms with Crippen molar-refractivity contribution in [3.05, 3.63) is 35.6 Å². The number of aromatic nitrogens is 2. The number of fused-ring (bicyclic) bond motifs is 3. The molecule has 0 radical (unpaired) electrons. The first-order valence-corrected chi connectivity index (χ1v) is 12.7. The standard InChI is InChI=1S/C26H32ClN5O3/c1-26(2)15-32(13-23(33)29-17-6-4-3-5-7-17)22(14-35-26)25(34)31-20-11-16(27)10-19-18-8-9-28-12-21(18)30-24(19)20/h8-12,17,22,30H,3-7,13-15H2,1-2H3,(H,29,33)(H,31,34)/t22-/m0/s1. The average Bonchev–Trinajstić information content (AvgIpc) is 3.18. The zero-order valence-electron chi connectivity index (χ0n) is 20.2. The fraction of sp³-hybridized carbons (Fsp3) is 0.500. The fourth-order valence-corrected chi connectivity index (χ4v) is 5.52. The molecule has 186 valence electrons. The van der Waals surface area contributed by atoms with Gasteiger partial charge in [-0.3, -0.25) is 19.5 Å². The molecule has 1 aromatic carbocycles. The van der Waals surface area contributed by atoms with E-state index in [0.717, 1.165) is 47.5 Å². The summed E-state index contributed by atoms with van der Waals surface area (Å²) in [7, 11) is 0. The molecule has 1 aliphatic heterocycles. The van der Waals surface area contributed by atoms with Gasteiger partial charge in [0.05, 0.1) is 41.7 Å². The Morgan fingerprint density at radius 2 is 2.03 bits per heavy atom. The summed E-state index contributed by atoms with van der Waals surface area (Å²) in [5.74, 6) is -0.271. The maximum Gasteiger partial charge on any atom is 0.244 e. The second-order valence-electron chi connectivity index (χ2n) is 10.3. The number of rotatable bonds is 5. The maximum atomic E-state index is 13.5. The number of anilines is 1. The summed E-state index contributed by atoms with van der Waals surface area (Å²) >= 11 is 6.41. The van der Waals surface area contributed by atoms with Crippen LogP contribution in [0.25, 0.3) is 21.8 Å². The van der Waals surface area contributed by atoms with Gasteiger partial charge in [-0.25, -0.2) is 0 Å². The van der Waals surface area contributed by atoms with Crippen molar-refractivity contribution in [3.63, 3.8) is 0 Å². The summed E-state index contributed by atoms with van der Waals surface area (Å²) in [5, 5.41) is 8.63. The number of aromatic amines is 1. The van der Waals surface area contributed by atoms with Crippen LogP contribution in [0.2, 0.25) is 5.02 Å². The van der Waals surface area contributed by atoms with E-state index in [1.807, 2.05) is 30.9 Å². The second kappa shape index (κ2) is 9.76. The lowest BCUT2D eigenvalue weighted by atomic mass is 9.95. The van der Waals surface area contributed by atoms with Gasteiger partial charge in [-0.15, -0.1) is 0 Å². The second-order valence-corrected chi connectivity index (χ2v) is 10.7. The summed E-state index contributed by atoms with van der Waals surface area (Å²) in [6.07, 6.45) is 9.06. The van der Waals surface area contributed by atoms with Crippen LogP contribution in [0.5, 0.6) is 0 Å². The van der Waals surface area contributed by atoms with E-state index >= 15 is 0 Å². The van der Waals surface area contributed by atoms with E-state index in [1.165, 1.54) is 6.42 Å². The van der Waals surface area contributed by atoms with Gasteiger partial charge < -0.3 is 20.4 Å². The molecule has 0 spiro atoms. The molecular formula is C26H32ClN5O3. The highest BCUT2D eigenvalue weighted by Gasteiger charge is 2.39. The highest BCUT2D eigenvalue weighted by atomic mass is 35.5. The van der Waals surface area contributed by atoms with Crippen LogP contribution >= 0.6 is 11.6 Å². The third-order valence-electron chi connectivity index (χ3n) is 7.01. The van der Waals surface area contributed by atoms with Gasteiger partial charge in [0.2, 0.25) is 11.8 Å². The van der Waals surface area contributed by atoms with Crippen LogP contribution in [-0.4, -0.2) is 64.1 Å². The molecule has 35 heavy (non-hydrogen) atoms. The molecule has 1 saturated heterocycles. The van der Waals surface area contributed by atoms with Crippen molar-refractivity contribution in [2.45, 2.75) is 63.6 Å². The van der Waals surface area contributed by atoms with Crippen molar-refractivity contribution in [2.24, 2.45) is 0 Å². The van der Waals surface area contributed by atoms with Crippen LogP contribution in [0.3, 0.4) is 0 Å². The molecule has 1 saturated carbocycles. The van der Waals surface area contributed by atoms with E-state index in [-0.39, 0.29) is 31.0 Å². The number of carbonyl (C=O) groups is 2. The SMILES string of the molecule is CC1(C)CN(CC(=O)NC2CCCCC2)[C@H](C(=O)Nc2cc(Cl)cc3c2[nH]c2cnccc23)CO1. The van der Waals surface area contributed by atoms with Gasteiger partial charge in [0, 0.05) is 34.6 Å². The predicted molar refractivity (Wildman–Crippen MR) is 138 cm³/mol. The van der Waals surface area contributed by atoms with Gasteiger partial charge in [-0.05, 0) is 44.9 Å². The van der Waals surface area contributed by atoms with Gasteiger partial charge in [0.25, 0.3) is 0 Å². The molecule has 1 aliphatic carbocycles. The van der Waals surface area contributed by atoms with Crippen molar-refractivity contribution in [1.29, 1.82) is 0 Å². The Kier molecular flexibility index (Phi) is 6.70. The molecule has 5 rings (SSSR count). The topological polar surface area (TPSA) is 99.4 Å². The van der Waals surface area contributed by atoms with Crippen molar-refractivity contribution in [2.75, 3.05) is 25.0 Å². The van der Waals surface area contributed by atoms with Crippen LogP contribution < -0.4 is 10.6 Å². The first-order chi connectivity index (χ1) is 16.8. The molecule has 0 bridgehead atoms. The van der Waals surface area contributed by atoms with Crippen LogP contribution in [-0.2, 0) is 14.3 Å². The number of benzene rings is 1. The lowest BCUT2D eigenvalue weighted by Gasteiger charge is -2.42. The third kappa shape index (κ3) is 5.29. The highest BCUT2D eigenvalue weighted by Crippen LogP contribution is 2.33. The van der Waals surface area contributed by atoms with Crippen LogP contribution in [0, 0.1) is 0 Å². The van der Waals surface area contributed by atoms with Crippen molar-refractivity contribution in [1.82, 2.24) is 20.2 Å². The van der Waals surface area contributed by atoms with Gasteiger partial charge in [-0.1, -0.05) is 30.9 Å². The Hall–Kier alpha value is -2.68. The Morgan fingerprint density at radius 3 is 2.83 bits per heavy atom. The summed E-state index contributed by atoms with van der Waals surface area (Å²) in [5.41, 5.74) is 1.79. The number of carbonyl (C=O) groups excluding carboxylic acids is 2. The quantitative estimate of drug-likeness (QED) is 0.489. The molecule has 0 unspecified atom stereocenters. The molecule has 3 aromatic rings. The highest BCUT2D eigenvalue weighted by molar-refractivity contribution is 6.33. The number of ether oxygens (including phenoxy) is 1. The van der Waals surface area contributed by atoms with Gasteiger partial charge in [0.15, 0.2) is 0 Å². The van der Waals surface area contributed by atoms with Crippen LogP contribution in [0.1, 0.15) is 46.0 Å². The smallest absolute Gasteiger partial charge is 0.244 e. The molecule has 2 fully saturated rings. The number of morpholine rings is 1. The van der Waals surface area contributed by atoms with E-state index in [4.69, 9.17) is 16.3 Å². The monoisotopic (exact) mass is 497 g/mol. The minimum Gasteiger partial charge on any atom is -0.372 e. The lowest BCUT2D eigenvalue weighted by molar-refractivity contribution is -0.147. The summed E-state index contributed by atoms with van der Waals surface area (Å²) in [4.78, 5) is 35.8. The summed E-state index contributed by atoms with van der Waals surface area (Å²) < 4.78 is 5.98. The van der Waals surface area contributed by atoms with E-state index in [2.05, 4.69) is 20.6 Å². The van der Waals surface area contributed by atoms with Gasteiger partial charge >= 0.3 is 0 Å². The zero-order valence-corrected chi connectivity index (χ0v) is 21.0. The minimum absolute atomic E-state index is 0.0411. The number of halogens is 1. The maximum absolute atomic E-state index is 13.5. The van der Waals surface area contributed by atoms with Crippen LogP contribution in [0.15, 0.2) is 30.6 Å². The largest absolute Gasteiger partial charge is 0.372 e. The van der Waals surface area contributed by atoms with E-state index in [0.29, 0.717) is 17.3 Å². The van der Waals surface area contributed by atoms with E-state index in [9.17, 15) is 9.59 Å². The lowest BCUT2D eigenvalue weighted by Crippen LogP contribution is -2.60. The average molecular weight is 498 g/mol. The van der Waals surface area contributed by atoms with E-state index in [1.54, 1.807) is 18.5 Å². The first-order valence-electron chi connectivity index (χ1n) is 12.3. The number of amides is 2. The number of hydrogen-bond acceptors (Lipinski definition) is 5. The third-order valence-corrected chi connectivity index (χ3v) is 7.23. The number of hydrogen-bond donors (Lipinski definition) is 3.